The van der Waals surface area contributed by atoms with E-state index in [4.69, 9.17) is 14.5 Å². The molecule has 0 saturated carbocycles. The van der Waals surface area contributed by atoms with Gasteiger partial charge in [-0.05, 0) is 36.1 Å². The highest BCUT2D eigenvalue weighted by Gasteiger charge is 2.19. The highest BCUT2D eigenvalue weighted by atomic mass is 16.5. The van der Waals surface area contributed by atoms with Crippen molar-refractivity contribution in [2.45, 2.75) is 6.92 Å². The largest absolute Gasteiger partial charge is 0.494 e. The van der Waals surface area contributed by atoms with Crippen molar-refractivity contribution >= 4 is 27.5 Å². The molecule has 2 heterocycles. The zero-order valence-corrected chi connectivity index (χ0v) is 16.1. The first-order chi connectivity index (χ1) is 13.7. The minimum atomic E-state index is 0.735. The van der Waals surface area contributed by atoms with Crippen molar-refractivity contribution in [2.75, 3.05) is 14.2 Å². The fraction of sp³-hybridized carbons (Fsp3) is 0.125. The zero-order chi connectivity index (χ0) is 19.3. The number of aromatic nitrogens is 2. The van der Waals surface area contributed by atoms with E-state index in [2.05, 4.69) is 59.9 Å². The molecule has 2 aromatic heterocycles. The summed E-state index contributed by atoms with van der Waals surface area (Å²) >= 11 is 0. The molecule has 0 spiro atoms. The van der Waals surface area contributed by atoms with E-state index < -0.39 is 0 Å². The first-order valence-corrected chi connectivity index (χ1v) is 9.23. The van der Waals surface area contributed by atoms with Gasteiger partial charge in [-0.25, -0.2) is 4.98 Å². The summed E-state index contributed by atoms with van der Waals surface area (Å²) in [5.41, 5.74) is 6.03. The first-order valence-electron chi connectivity index (χ1n) is 9.23. The standard InChI is InChI=1S/C24H20N2O2/c1-15-9-10-18-17(13-15)14-19(16-7-5-4-6-8-16)26-23-21(28-3)12-11-20(27-2)22(23)25-24(18)26/h4-14H,1-3H3. The molecule has 0 N–H and O–H groups in total. The Labute approximate surface area is 163 Å². The van der Waals surface area contributed by atoms with Crippen LogP contribution in [0.2, 0.25) is 0 Å². The second kappa shape index (κ2) is 6.27. The molecule has 5 rings (SSSR count). The van der Waals surface area contributed by atoms with Gasteiger partial charge in [0.1, 0.15) is 28.2 Å². The van der Waals surface area contributed by atoms with E-state index in [1.54, 1.807) is 14.2 Å². The second-order valence-corrected chi connectivity index (χ2v) is 6.92. The Hall–Kier alpha value is -3.53. The molecular formula is C24H20N2O2. The first kappa shape index (κ1) is 16.6. The maximum atomic E-state index is 5.70. The average Bonchev–Trinajstić information content (AvgIpc) is 3.13. The maximum absolute atomic E-state index is 5.70. The number of rotatable bonds is 3. The Bertz CT molecular complexity index is 1340. The second-order valence-electron chi connectivity index (χ2n) is 6.92. The summed E-state index contributed by atoms with van der Waals surface area (Å²) in [4.78, 5) is 5.00. The summed E-state index contributed by atoms with van der Waals surface area (Å²) in [5, 5.41) is 2.27. The minimum Gasteiger partial charge on any atom is -0.494 e. The third kappa shape index (κ3) is 2.34. The van der Waals surface area contributed by atoms with E-state index in [-0.39, 0.29) is 0 Å². The van der Waals surface area contributed by atoms with Crippen LogP contribution in [0.5, 0.6) is 11.5 Å². The Kier molecular flexibility index (Phi) is 3.72. The monoisotopic (exact) mass is 368 g/mol. The number of nitrogens with zero attached hydrogens (tertiary/aromatic N) is 2. The maximum Gasteiger partial charge on any atom is 0.147 e. The van der Waals surface area contributed by atoms with Crippen LogP contribution in [0.15, 0.2) is 66.7 Å². The van der Waals surface area contributed by atoms with Crippen LogP contribution >= 0.6 is 0 Å². The average molecular weight is 368 g/mol. The molecule has 0 aliphatic carbocycles. The molecule has 0 saturated heterocycles. The summed E-state index contributed by atoms with van der Waals surface area (Å²) in [6, 6.07) is 22.9. The predicted molar refractivity (Wildman–Crippen MR) is 113 cm³/mol. The third-order valence-electron chi connectivity index (χ3n) is 5.22. The fourth-order valence-corrected chi connectivity index (χ4v) is 3.91. The Morgan fingerprint density at radius 2 is 1.57 bits per heavy atom. The number of pyridine rings is 1. The molecule has 0 radical (unpaired) electrons. The van der Waals surface area contributed by atoms with Gasteiger partial charge in [-0.2, -0.15) is 0 Å². The molecule has 4 heteroatoms. The Morgan fingerprint density at radius 1 is 0.821 bits per heavy atom. The van der Waals surface area contributed by atoms with Crippen molar-refractivity contribution in [3.05, 3.63) is 72.3 Å². The third-order valence-corrected chi connectivity index (χ3v) is 5.22. The van der Waals surface area contributed by atoms with E-state index in [0.717, 1.165) is 44.8 Å². The van der Waals surface area contributed by atoms with Crippen LogP contribution in [-0.2, 0) is 0 Å². The van der Waals surface area contributed by atoms with Crippen LogP contribution in [0.1, 0.15) is 5.56 Å². The number of hydrogen-bond acceptors (Lipinski definition) is 3. The van der Waals surface area contributed by atoms with Gasteiger partial charge in [0, 0.05) is 5.39 Å². The molecule has 0 aliphatic heterocycles. The summed E-state index contributed by atoms with van der Waals surface area (Å²) in [5.74, 6) is 1.51. The molecule has 28 heavy (non-hydrogen) atoms. The number of aryl methyl sites for hydroxylation is 1. The minimum absolute atomic E-state index is 0.735. The molecular weight excluding hydrogens is 348 g/mol. The zero-order valence-electron chi connectivity index (χ0n) is 16.1. The fourth-order valence-electron chi connectivity index (χ4n) is 3.91. The van der Waals surface area contributed by atoms with Crippen LogP contribution in [0, 0.1) is 6.92 Å². The Morgan fingerprint density at radius 3 is 2.32 bits per heavy atom. The quantitative estimate of drug-likeness (QED) is 0.414. The highest BCUT2D eigenvalue weighted by Crippen LogP contribution is 2.38. The lowest BCUT2D eigenvalue weighted by Gasteiger charge is -2.12. The number of hydrogen-bond donors (Lipinski definition) is 0. The lowest BCUT2D eigenvalue weighted by atomic mass is 10.0. The Balaban J connectivity index is 2.07. The van der Waals surface area contributed by atoms with Crippen LogP contribution in [0.3, 0.4) is 0 Å². The lowest BCUT2D eigenvalue weighted by molar-refractivity contribution is 0.409. The summed E-state index contributed by atoms with van der Waals surface area (Å²) < 4.78 is 13.5. The number of benzene rings is 3. The van der Waals surface area contributed by atoms with Gasteiger partial charge in [0.2, 0.25) is 0 Å². The molecule has 4 nitrogen and oxygen atoms in total. The van der Waals surface area contributed by atoms with E-state index in [1.807, 2.05) is 18.2 Å². The molecule has 0 bridgehead atoms. The molecule has 5 aromatic rings. The SMILES string of the molecule is COc1ccc(OC)c2c1nc1c3ccc(C)cc3cc(-c3ccccc3)n12. The van der Waals surface area contributed by atoms with Gasteiger partial charge in [0.15, 0.2) is 0 Å². The summed E-state index contributed by atoms with van der Waals surface area (Å²) in [6.07, 6.45) is 0. The van der Waals surface area contributed by atoms with E-state index in [0.29, 0.717) is 0 Å². The molecule has 0 aliphatic rings. The summed E-state index contributed by atoms with van der Waals surface area (Å²) in [7, 11) is 3.36. The number of imidazole rings is 1. The van der Waals surface area contributed by atoms with E-state index in [9.17, 15) is 0 Å². The van der Waals surface area contributed by atoms with Crippen molar-refractivity contribution in [2.24, 2.45) is 0 Å². The topological polar surface area (TPSA) is 35.8 Å². The van der Waals surface area contributed by atoms with Gasteiger partial charge in [-0.1, -0.05) is 54.1 Å². The van der Waals surface area contributed by atoms with Crippen LogP contribution in [0.25, 0.3) is 38.7 Å². The highest BCUT2D eigenvalue weighted by molar-refractivity contribution is 6.03. The molecule has 0 fully saturated rings. The van der Waals surface area contributed by atoms with E-state index >= 15 is 0 Å². The summed E-state index contributed by atoms with van der Waals surface area (Å²) in [6.45, 7) is 2.11. The number of ether oxygens (including phenoxy) is 2. The predicted octanol–water partition coefficient (Wildman–Crippen LogP) is 5.63. The van der Waals surface area contributed by atoms with Gasteiger partial charge in [-0.3, -0.25) is 4.40 Å². The van der Waals surface area contributed by atoms with Gasteiger partial charge in [0.25, 0.3) is 0 Å². The molecule has 3 aromatic carbocycles. The smallest absolute Gasteiger partial charge is 0.147 e. The van der Waals surface area contributed by atoms with Crippen molar-refractivity contribution in [3.8, 4) is 22.8 Å². The van der Waals surface area contributed by atoms with Crippen molar-refractivity contribution < 1.29 is 9.47 Å². The molecule has 138 valence electrons. The lowest BCUT2D eigenvalue weighted by Crippen LogP contribution is -1.96. The van der Waals surface area contributed by atoms with E-state index in [1.165, 1.54) is 10.9 Å². The molecule has 0 amide bonds. The van der Waals surface area contributed by atoms with Crippen LogP contribution in [0.4, 0.5) is 0 Å². The van der Waals surface area contributed by atoms with Gasteiger partial charge in [0.05, 0.1) is 19.9 Å². The molecule has 0 unspecified atom stereocenters. The van der Waals surface area contributed by atoms with Crippen molar-refractivity contribution in [1.82, 2.24) is 9.38 Å². The van der Waals surface area contributed by atoms with Gasteiger partial charge < -0.3 is 9.47 Å². The van der Waals surface area contributed by atoms with Crippen molar-refractivity contribution in [1.29, 1.82) is 0 Å². The van der Waals surface area contributed by atoms with Crippen LogP contribution in [-0.4, -0.2) is 23.6 Å². The van der Waals surface area contributed by atoms with Gasteiger partial charge in [-0.15, -0.1) is 0 Å². The molecule has 0 atom stereocenters. The van der Waals surface area contributed by atoms with Crippen molar-refractivity contribution in [3.63, 3.8) is 0 Å². The van der Waals surface area contributed by atoms with Gasteiger partial charge >= 0.3 is 0 Å². The normalized spacial score (nSPS) is 11.4. The number of fused-ring (bicyclic) bond motifs is 5. The number of methoxy groups -OCH3 is 2. The van der Waals surface area contributed by atoms with Crippen LogP contribution < -0.4 is 9.47 Å².